The zero-order valence-corrected chi connectivity index (χ0v) is 12.4. The molecule has 0 saturated carbocycles. The van der Waals surface area contributed by atoms with Crippen molar-refractivity contribution < 1.29 is 19.5 Å². The van der Waals surface area contributed by atoms with Crippen molar-refractivity contribution >= 4 is 22.8 Å². The van der Waals surface area contributed by atoms with Crippen LogP contribution in [-0.4, -0.2) is 29.3 Å². The standard InChI is InChI=1S/C13H16N2O5S/c1-10(16)21-12-7-3-2-6-11(12)13(17)14-8-4-5-9-20-15(18)19/h2-3,6-7H,4-5,8-9H2,1H3,(H,14,17). The van der Waals surface area contributed by atoms with Crippen LogP contribution in [0.4, 0.5) is 0 Å². The SMILES string of the molecule is CC(=O)Sc1ccccc1C(=O)NCCCCO[N+](=O)[O-]. The Morgan fingerprint density at radius 3 is 2.71 bits per heavy atom. The number of rotatable bonds is 8. The van der Waals surface area contributed by atoms with E-state index in [1.807, 2.05) is 0 Å². The van der Waals surface area contributed by atoms with Gasteiger partial charge in [0.25, 0.3) is 11.0 Å². The summed E-state index contributed by atoms with van der Waals surface area (Å²) in [5, 5.41) is 11.7. The van der Waals surface area contributed by atoms with E-state index in [1.54, 1.807) is 24.3 Å². The molecule has 0 aliphatic carbocycles. The zero-order valence-electron chi connectivity index (χ0n) is 11.5. The molecule has 1 aromatic rings. The molecule has 1 aromatic carbocycles. The van der Waals surface area contributed by atoms with Crippen LogP contribution in [0.3, 0.4) is 0 Å². The van der Waals surface area contributed by atoms with Crippen LogP contribution in [0.25, 0.3) is 0 Å². The molecule has 0 unspecified atom stereocenters. The van der Waals surface area contributed by atoms with Gasteiger partial charge in [0.05, 0.1) is 12.2 Å². The average molecular weight is 312 g/mol. The van der Waals surface area contributed by atoms with Crippen molar-refractivity contribution in [2.75, 3.05) is 13.2 Å². The molecule has 0 saturated heterocycles. The van der Waals surface area contributed by atoms with E-state index in [2.05, 4.69) is 10.2 Å². The van der Waals surface area contributed by atoms with Crippen LogP contribution >= 0.6 is 11.8 Å². The van der Waals surface area contributed by atoms with Gasteiger partial charge in [0.1, 0.15) is 0 Å². The molecule has 0 atom stereocenters. The van der Waals surface area contributed by atoms with Gasteiger partial charge in [-0.05, 0) is 25.0 Å². The number of carbonyl (C=O) groups is 2. The summed E-state index contributed by atoms with van der Waals surface area (Å²) in [6.07, 6.45) is 1.05. The molecule has 114 valence electrons. The minimum absolute atomic E-state index is 0.0135. The molecule has 0 aliphatic rings. The highest BCUT2D eigenvalue weighted by molar-refractivity contribution is 8.13. The fourth-order valence-electron chi connectivity index (χ4n) is 1.56. The Labute approximate surface area is 126 Å². The van der Waals surface area contributed by atoms with Gasteiger partial charge in [0.2, 0.25) is 0 Å². The molecule has 0 radical (unpaired) electrons. The highest BCUT2D eigenvalue weighted by Crippen LogP contribution is 2.22. The van der Waals surface area contributed by atoms with Crippen LogP contribution in [0.2, 0.25) is 0 Å². The van der Waals surface area contributed by atoms with Crippen molar-refractivity contribution in [3.05, 3.63) is 39.9 Å². The molecular weight excluding hydrogens is 296 g/mol. The van der Waals surface area contributed by atoms with Gasteiger partial charge in [-0.15, -0.1) is 10.1 Å². The Morgan fingerprint density at radius 1 is 1.33 bits per heavy atom. The number of thioether (sulfide) groups is 1. The molecule has 1 N–H and O–H groups in total. The van der Waals surface area contributed by atoms with Crippen LogP contribution < -0.4 is 5.32 Å². The van der Waals surface area contributed by atoms with Crippen LogP contribution in [0.15, 0.2) is 29.2 Å². The van der Waals surface area contributed by atoms with E-state index in [0.717, 1.165) is 11.8 Å². The predicted molar refractivity (Wildman–Crippen MR) is 77.5 cm³/mol. The maximum atomic E-state index is 12.0. The van der Waals surface area contributed by atoms with Crippen molar-refractivity contribution in [2.24, 2.45) is 0 Å². The van der Waals surface area contributed by atoms with Gasteiger partial charge in [0, 0.05) is 18.4 Å². The molecule has 21 heavy (non-hydrogen) atoms. The molecule has 0 spiro atoms. The Bertz CT molecular complexity index is 521. The lowest BCUT2D eigenvalue weighted by Gasteiger charge is -2.08. The Hall–Kier alpha value is -2.09. The van der Waals surface area contributed by atoms with Crippen molar-refractivity contribution in [3.8, 4) is 0 Å². The van der Waals surface area contributed by atoms with Gasteiger partial charge in [-0.25, -0.2) is 0 Å². The lowest BCUT2D eigenvalue weighted by molar-refractivity contribution is -0.757. The minimum Gasteiger partial charge on any atom is -0.352 e. The third-order valence-electron chi connectivity index (χ3n) is 2.44. The smallest absolute Gasteiger partial charge is 0.294 e. The number of unbranched alkanes of at least 4 members (excludes halogenated alkanes) is 1. The number of nitrogens with zero attached hydrogens (tertiary/aromatic N) is 1. The van der Waals surface area contributed by atoms with Gasteiger partial charge in [-0.2, -0.15) is 0 Å². The summed E-state index contributed by atoms with van der Waals surface area (Å²) in [4.78, 5) is 37.9. The molecule has 1 rings (SSSR count). The average Bonchev–Trinajstić information content (AvgIpc) is 2.42. The van der Waals surface area contributed by atoms with E-state index >= 15 is 0 Å². The van der Waals surface area contributed by atoms with E-state index in [1.165, 1.54) is 6.92 Å². The van der Waals surface area contributed by atoms with Crippen molar-refractivity contribution in [3.63, 3.8) is 0 Å². The van der Waals surface area contributed by atoms with E-state index in [0.29, 0.717) is 29.8 Å². The largest absolute Gasteiger partial charge is 0.352 e. The molecule has 0 aromatic heterocycles. The van der Waals surface area contributed by atoms with Crippen LogP contribution in [0, 0.1) is 10.1 Å². The molecule has 0 fully saturated rings. The lowest BCUT2D eigenvalue weighted by Crippen LogP contribution is -2.25. The summed E-state index contributed by atoms with van der Waals surface area (Å²) >= 11 is 1.01. The first-order chi connectivity index (χ1) is 10.0. The predicted octanol–water partition coefficient (Wildman–Crippen LogP) is 2.04. The van der Waals surface area contributed by atoms with E-state index in [4.69, 9.17) is 0 Å². The lowest BCUT2D eigenvalue weighted by atomic mass is 10.2. The van der Waals surface area contributed by atoms with Crippen LogP contribution in [0.5, 0.6) is 0 Å². The molecule has 1 amide bonds. The second-order valence-electron chi connectivity index (χ2n) is 4.11. The van der Waals surface area contributed by atoms with Gasteiger partial charge in [0.15, 0.2) is 5.12 Å². The highest BCUT2D eigenvalue weighted by Gasteiger charge is 2.12. The van der Waals surface area contributed by atoms with Gasteiger partial charge >= 0.3 is 0 Å². The number of amides is 1. The summed E-state index contributed by atoms with van der Waals surface area (Å²) in [7, 11) is 0. The Kier molecular flexibility index (Phi) is 7.24. The zero-order chi connectivity index (χ0) is 15.7. The van der Waals surface area contributed by atoms with Gasteiger partial charge < -0.3 is 10.2 Å². The normalized spacial score (nSPS) is 9.95. The summed E-state index contributed by atoms with van der Waals surface area (Å²) in [6, 6.07) is 6.85. The number of hydrogen-bond acceptors (Lipinski definition) is 6. The summed E-state index contributed by atoms with van der Waals surface area (Å²) in [5.74, 6) is -0.269. The molecule has 8 heteroatoms. The second-order valence-corrected chi connectivity index (χ2v) is 5.33. The van der Waals surface area contributed by atoms with Crippen molar-refractivity contribution in [2.45, 2.75) is 24.7 Å². The first kappa shape index (κ1) is 17.0. The third-order valence-corrected chi connectivity index (χ3v) is 3.30. The fourth-order valence-corrected chi connectivity index (χ4v) is 2.29. The molecule has 0 bridgehead atoms. The molecule has 0 heterocycles. The Balaban J connectivity index is 2.41. The first-order valence-electron chi connectivity index (χ1n) is 6.33. The van der Waals surface area contributed by atoms with Crippen molar-refractivity contribution in [1.82, 2.24) is 5.32 Å². The summed E-state index contributed by atoms with van der Waals surface area (Å²) in [5.41, 5.74) is 0.444. The van der Waals surface area contributed by atoms with Crippen LogP contribution in [-0.2, 0) is 9.63 Å². The fraction of sp³-hybridized carbons (Fsp3) is 0.385. The van der Waals surface area contributed by atoms with E-state index in [-0.39, 0.29) is 17.6 Å². The minimum atomic E-state index is -0.839. The summed E-state index contributed by atoms with van der Waals surface area (Å²) < 4.78 is 0. The quantitative estimate of drug-likeness (QED) is 0.341. The maximum Gasteiger partial charge on any atom is 0.294 e. The third kappa shape index (κ3) is 6.75. The van der Waals surface area contributed by atoms with Gasteiger partial charge in [-0.3, -0.25) is 9.59 Å². The molecule has 0 aliphatic heterocycles. The maximum absolute atomic E-state index is 12.0. The molecular formula is C13H16N2O5S. The van der Waals surface area contributed by atoms with E-state index in [9.17, 15) is 19.7 Å². The number of hydrogen-bond donors (Lipinski definition) is 1. The van der Waals surface area contributed by atoms with Crippen LogP contribution in [0.1, 0.15) is 30.1 Å². The number of nitrogens with one attached hydrogen (secondary N) is 1. The second kappa shape index (κ2) is 8.96. The monoisotopic (exact) mass is 312 g/mol. The number of benzene rings is 1. The molecule has 7 nitrogen and oxygen atoms in total. The highest BCUT2D eigenvalue weighted by atomic mass is 32.2. The topological polar surface area (TPSA) is 98.5 Å². The first-order valence-corrected chi connectivity index (χ1v) is 7.15. The van der Waals surface area contributed by atoms with Gasteiger partial charge in [-0.1, -0.05) is 23.9 Å². The number of carbonyl (C=O) groups excluding carboxylic acids is 2. The van der Waals surface area contributed by atoms with E-state index < -0.39 is 5.09 Å². The summed E-state index contributed by atoms with van der Waals surface area (Å²) in [6.45, 7) is 1.84. The van der Waals surface area contributed by atoms with Crippen molar-refractivity contribution in [1.29, 1.82) is 0 Å². The Morgan fingerprint density at radius 2 is 2.05 bits per heavy atom.